The summed E-state index contributed by atoms with van der Waals surface area (Å²) in [6.07, 6.45) is 0. The van der Waals surface area contributed by atoms with Crippen LogP contribution in [0.3, 0.4) is 0 Å². The van der Waals surface area contributed by atoms with Gasteiger partial charge in [-0.2, -0.15) is 0 Å². The van der Waals surface area contributed by atoms with Crippen molar-refractivity contribution in [3.05, 3.63) is 62.8 Å². The first-order valence-electron chi connectivity index (χ1n) is 6.17. The Morgan fingerprint density at radius 1 is 1.15 bits per heavy atom. The smallest absolute Gasteiger partial charge is 0.146 e. The molecule has 106 valence electrons. The number of nitrogens with two attached hydrogens (primary N) is 1. The van der Waals surface area contributed by atoms with Gasteiger partial charge in [-0.25, -0.2) is 4.39 Å². The van der Waals surface area contributed by atoms with Gasteiger partial charge in [-0.15, -0.1) is 0 Å². The van der Waals surface area contributed by atoms with E-state index in [4.69, 9.17) is 5.73 Å². The van der Waals surface area contributed by atoms with Crippen LogP contribution in [0.15, 0.2) is 51.4 Å². The SMILES string of the molecule is CN(c1ccccc1F)C(CN)c1ccc(Br)c(Br)c1. The number of hydrogen-bond acceptors (Lipinski definition) is 2. The van der Waals surface area contributed by atoms with Crippen molar-refractivity contribution in [2.75, 3.05) is 18.5 Å². The normalized spacial score (nSPS) is 12.2. The molecule has 0 amide bonds. The molecule has 0 heterocycles. The van der Waals surface area contributed by atoms with Crippen molar-refractivity contribution in [3.8, 4) is 0 Å². The van der Waals surface area contributed by atoms with Crippen LogP contribution in [-0.4, -0.2) is 13.6 Å². The Labute approximate surface area is 135 Å². The zero-order valence-corrected chi connectivity index (χ0v) is 14.2. The lowest BCUT2D eigenvalue weighted by atomic mass is 10.1. The first-order chi connectivity index (χ1) is 9.54. The average Bonchev–Trinajstić information content (AvgIpc) is 2.44. The minimum absolute atomic E-state index is 0.0868. The van der Waals surface area contributed by atoms with Crippen LogP contribution < -0.4 is 10.6 Å². The maximum Gasteiger partial charge on any atom is 0.146 e. The van der Waals surface area contributed by atoms with Crippen molar-refractivity contribution in [1.29, 1.82) is 0 Å². The van der Waals surface area contributed by atoms with Crippen molar-refractivity contribution < 1.29 is 4.39 Å². The molecule has 2 N–H and O–H groups in total. The van der Waals surface area contributed by atoms with Gasteiger partial charge in [0.25, 0.3) is 0 Å². The van der Waals surface area contributed by atoms with Crippen molar-refractivity contribution >= 4 is 37.5 Å². The molecule has 2 aromatic carbocycles. The molecule has 0 saturated heterocycles. The second kappa shape index (κ2) is 6.70. The number of halogens is 3. The minimum atomic E-state index is -0.246. The van der Waals surface area contributed by atoms with E-state index in [1.807, 2.05) is 36.2 Å². The molecule has 0 aromatic heterocycles. The number of nitrogens with zero attached hydrogens (tertiary/aromatic N) is 1. The lowest BCUT2D eigenvalue weighted by Gasteiger charge is -2.30. The van der Waals surface area contributed by atoms with Crippen LogP contribution in [0.2, 0.25) is 0 Å². The number of hydrogen-bond donors (Lipinski definition) is 1. The molecular formula is C15H15Br2FN2. The van der Waals surface area contributed by atoms with Gasteiger partial charge in [0.2, 0.25) is 0 Å². The maximum atomic E-state index is 13.9. The van der Waals surface area contributed by atoms with E-state index in [1.165, 1.54) is 6.07 Å². The molecule has 0 aliphatic rings. The third kappa shape index (κ3) is 3.22. The van der Waals surface area contributed by atoms with Crippen LogP contribution in [0, 0.1) is 5.82 Å². The topological polar surface area (TPSA) is 29.3 Å². The predicted octanol–water partition coefficient (Wildman–Crippen LogP) is 4.49. The molecule has 0 radical (unpaired) electrons. The van der Waals surface area contributed by atoms with E-state index in [0.29, 0.717) is 12.2 Å². The Morgan fingerprint density at radius 2 is 1.85 bits per heavy atom. The summed E-state index contributed by atoms with van der Waals surface area (Å²) >= 11 is 6.93. The van der Waals surface area contributed by atoms with E-state index in [-0.39, 0.29) is 11.9 Å². The number of benzene rings is 2. The van der Waals surface area contributed by atoms with E-state index in [9.17, 15) is 4.39 Å². The molecule has 0 aliphatic heterocycles. The van der Waals surface area contributed by atoms with Gasteiger partial charge in [0.15, 0.2) is 0 Å². The summed E-state index contributed by atoms with van der Waals surface area (Å²) < 4.78 is 15.8. The van der Waals surface area contributed by atoms with Gasteiger partial charge in [0, 0.05) is 22.5 Å². The standard InChI is InChI=1S/C15H15Br2FN2/c1-20(14-5-3-2-4-13(14)18)15(9-19)10-6-7-11(16)12(17)8-10/h2-8,15H,9,19H2,1H3. The summed E-state index contributed by atoms with van der Waals surface area (Å²) in [6.45, 7) is 0.402. The molecule has 1 atom stereocenters. The Hall–Kier alpha value is -0.910. The van der Waals surface area contributed by atoms with Crippen molar-refractivity contribution in [2.24, 2.45) is 5.73 Å². The second-order valence-electron chi connectivity index (χ2n) is 4.49. The highest BCUT2D eigenvalue weighted by molar-refractivity contribution is 9.13. The molecule has 0 aliphatic carbocycles. The first-order valence-corrected chi connectivity index (χ1v) is 7.75. The van der Waals surface area contributed by atoms with Gasteiger partial charge in [-0.05, 0) is 61.7 Å². The fourth-order valence-corrected chi connectivity index (χ4v) is 2.79. The summed E-state index contributed by atoms with van der Waals surface area (Å²) in [5, 5.41) is 0. The Balaban J connectivity index is 2.36. The van der Waals surface area contributed by atoms with E-state index in [1.54, 1.807) is 12.1 Å². The van der Waals surface area contributed by atoms with Gasteiger partial charge in [-0.1, -0.05) is 18.2 Å². The largest absolute Gasteiger partial charge is 0.364 e. The third-order valence-corrected chi connectivity index (χ3v) is 5.13. The lowest BCUT2D eigenvalue weighted by Crippen LogP contribution is -2.31. The van der Waals surface area contributed by atoms with Crippen LogP contribution in [-0.2, 0) is 0 Å². The number of anilines is 1. The summed E-state index contributed by atoms with van der Waals surface area (Å²) in [5.41, 5.74) is 7.47. The summed E-state index contributed by atoms with van der Waals surface area (Å²) in [5.74, 6) is -0.246. The fourth-order valence-electron chi connectivity index (χ4n) is 2.14. The second-order valence-corrected chi connectivity index (χ2v) is 6.20. The predicted molar refractivity (Wildman–Crippen MR) is 88.4 cm³/mol. The zero-order valence-electron chi connectivity index (χ0n) is 11.0. The summed E-state index contributed by atoms with van der Waals surface area (Å²) in [4.78, 5) is 1.87. The minimum Gasteiger partial charge on any atom is -0.364 e. The maximum absolute atomic E-state index is 13.9. The van der Waals surface area contributed by atoms with Crippen LogP contribution in [0.4, 0.5) is 10.1 Å². The van der Waals surface area contributed by atoms with Crippen LogP contribution in [0.5, 0.6) is 0 Å². The third-order valence-electron chi connectivity index (χ3n) is 3.25. The van der Waals surface area contributed by atoms with E-state index in [2.05, 4.69) is 31.9 Å². The molecule has 2 nitrogen and oxygen atoms in total. The molecule has 2 rings (SSSR count). The number of likely N-dealkylation sites (N-methyl/N-ethyl adjacent to an activating group) is 1. The van der Waals surface area contributed by atoms with Crippen LogP contribution >= 0.6 is 31.9 Å². The Morgan fingerprint density at radius 3 is 2.45 bits per heavy atom. The summed E-state index contributed by atoms with van der Waals surface area (Å²) in [6, 6.07) is 12.6. The number of para-hydroxylation sites is 1. The molecule has 20 heavy (non-hydrogen) atoms. The quantitative estimate of drug-likeness (QED) is 0.817. The number of rotatable bonds is 4. The fraction of sp³-hybridized carbons (Fsp3) is 0.200. The molecule has 0 spiro atoms. The molecule has 0 fully saturated rings. The van der Waals surface area contributed by atoms with Crippen molar-refractivity contribution in [3.63, 3.8) is 0 Å². The van der Waals surface area contributed by atoms with Gasteiger partial charge >= 0.3 is 0 Å². The molecule has 2 aromatic rings. The average molecular weight is 402 g/mol. The monoisotopic (exact) mass is 400 g/mol. The molecule has 0 saturated carbocycles. The van der Waals surface area contributed by atoms with Gasteiger partial charge in [-0.3, -0.25) is 0 Å². The molecule has 1 unspecified atom stereocenters. The summed E-state index contributed by atoms with van der Waals surface area (Å²) in [7, 11) is 1.85. The molecule has 5 heteroatoms. The van der Waals surface area contributed by atoms with E-state index in [0.717, 1.165) is 14.5 Å². The van der Waals surface area contributed by atoms with Gasteiger partial charge in [0.1, 0.15) is 5.82 Å². The first kappa shape index (κ1) is 15.5. The van der Waals surface area contributed by atoms with Crippen molar-refractivity contribution in [1.82, 2.24) is 0 Å². The molecular weight excluding hydrogens is 387 g/mol. The van der Waals surface area contributed by atoms with E-state index < -0.39 is 0 Å². The van der Waals surface area contributed by atoms with Gasteiger partial charge in [0.05, 0.1) is 11.7 Å². The highest BCUT2D eigenvalue weighted by Crippen LogP contribution is 2.31. The Kier molecular flexibility index (Phi) is 5.18. The van der Waals surface area contributed by atoms with Crippen LogP contribution in [0.1, 0.15) is 11.6 Å². The highest BCUT2D eigenvalue weighted by Gasteiger charge is 2.19. The molecule has 0 bridgehead atoms. The van der Waals surface area contributed by atoms with Crippen LogP contribution in [0.25, 0.3) is 0 Å². The lowest BCUT2D eigenvalue weighted by molar-refractivity contribution is 0.603. The highest BCUT2D eigenvalue weighted by atomic mass is 79.9. The van der Waals surface area contributed by atoms with E-state index >= 15 is 0 Å². The van der Waals surface area contributed by atoms with Crippen molar-refractivity contribution in [2.45, 2.75) is 6.04 Å². The zero-order chi connectivity index (χ0) is 14.7. The van der Waals surface area contributed by atoms with Gasteiger partial charge < -0.3 is 10.6 Å². The Bertz CT molecular complexity index is 604.